The van der Waals surface area contributed by atoms with Crippen molar-refractivity contribution in [2.24, 2.45) is 0 Å². The Bertz CT molecular complexity index is 947. The maximum absolute atomic E-state index is 13.8. The van der Waals surface area contributed by atoms with E-state index in [2.05, 4.69) is 44.0 Å². The van der Waals surface area contributed by atoms with Crippen LogP contribution >= 0.6 is 0 Å². The molecule has 1 fully saturated rings. The average Bonchev–Trinajstić information content (AvgIpc) is 2.86. The van der Waals surface area contributed by atoms with Crippen molar-refractivity contribution < 1.29 is 4.79 Å². The van der Waals surface area contributed by atoms with Crippen molar-refractivity contribution in [3.8, 4) is 0 Å². The summed E-state index contributed by atoms with van der Waals surface area (Å²) >= 11 is 0. The van der Waals surface area contributed by atoms with Gasteiger partial charge >= 0.3 is 0 Å². The molecule has 4 rings (SSSR count). The first-order chi connectivity index (χ1) is 15.6. The Balaban J connectivity index is 1.57. The second-order valence-electron chi connectivity index (χ2n) is 8.51. The molecule has 0 saturated carbocycles. The summed E-state index contributed by atoms with van der Waals surface area (Å²) in [5.41, 5.74) is 2.45. The van der Waals surface area contributed by atoms with E-state index in [1.807, 2.05) is 62.9 Å². The zero-order valence-electron chi connectivity index (χ0n) is 18.9. The smallest absolute Gasteiger partial charge is 0.237 e. The highest BCUT2D eigenvalue weighted by Gasteiger charge is 2.43. The van der Waals surface area contributed by atoms with Crippen molar-refractivity contribution in [2.75, 3.05) is 51.7 Å². The molecule has 0 unspecified atom stereocenters. The van der Waals surface area contributed by atoms with E-state index in [4.69, 9.17) is 0 Å². The number of benzene rings is 2. The van der Waals surface area contributed by atoms with Crippen LogP contribution in [0.15, 0.2) is 79.4 Å². The van der Waals surface area contributed by atoms with Gasteiger partial charge in [-0.3, -0.25) is 9.69 Å². The van der Waals surface area contributed by atoms with Crippen LogP contribution in [-0.2, 0) is 10.2 Å². The molecule has 6 nitrogen and oxygen atoms in total. The number of piperazine rings is 1. The van der Waals surface area contributed by atoms with Gasteiger partial charge in [-0.1, -0.05) is 60.7 Å². The maximum Gasteiger partial charge on any atom is 0.237 e. The van der Waals surface area contributed by atoms with Gasteiger partial charge in [0.05, 0.1) is 18.1 Å². The lowest BCUT2D eigenvalue weighted by Crippen LogP contribution is -2.50. The molecule has 166 valence electrons. The monoisotopic (exact) mass is 429 g/mol. The number of carbonyl (C=O) groups is 1. The molecule has 3 aromatic rings. The van der Waals surface area contributed by atoms with E-state index in [1.165, 1.54) is 0 Å². The van der Waals surface area contributed by atoms with Crippen molar-refractivity contribution in [3.63, 3.8) is 0 Å². The molecule has 1 aliphatic rings. The molecule has 1 amide bonds. The Morgan fingerprint density at radius 1 is 0.875 bits per heavy atom. The van der Waals surface area contributed by atoms with Crippen molar-refractivity contribution in [3.05, 3.63) is 90.5 Å². The standard InChI is InChI=1S/C26H31N5O/c1-29(2)25(32)26(22-9-5-3-6-10-22,23-11-7-4-8-12-23)13-14-30-15-17-31(18-16-30)24-19-27-21-28-20-24/h3-12,19-21H,13-18H2,1-2H3. The number of anilines is 1. The molecule has 1 aliphatic heterocycles. The Morgan fingerprint density at radius 3 is 1.91 bits per heavy atom. The van der Waals surface area contributed by atoms with Crippen molar-refractivity contribution in [2.45, 2.75) is 11.8 Å². The van der Waals surface area contributed by atoms with E-state index in [-0.39, 0.29) is 5.91 Å². The van der Waals surface area contributed by atoms with Crippen molar-refractivity contribution >= 4 is 11.6 Å². The van der Waals surface area contributed by atoms with Crippen LogP contribution in [0, 0.1) is 0 Å². The van der Waals surface area contributed by atoms with Crippen LogP contribution in [0.4, 0.5) is 5.69 Å². The van der Waals surface area contributed by atoms with Crippen LogP contribution in [0.25, 0.3) is 0 Å². The van der Waals surface area contributed by atoms with Gasteiger partial charge in [0.1, 0.15) is 11.7 Å². The van der Waals surface area contributed by atoms with Crippen LogP contribution in [0.2, 0.25) is 0 Å². The van der Waals surface area contributed by atoms with Gasteiger partial charge in [-0.25, -0.2) is 9.97 Å². The summed E-state index contributed by atoms with van der Waals surface area (Å²) in [5.74, 6) is 0.120. The predicted octanol–water partition coefficient (Wildman–Crippen LogP) is 3.06. The fourth-order valence-electron chi connectivity index (χ4n) is 4.65. The number of aromatic nitrogens is 2. The molecule has 0 radical (unpaired) electrons. The predicted molar refractivity (Wildman–Crippen MR) is 128 cm³/mol. The van der Waals surface area contributed by atoms with Crippen molar-refractivity contribution in [1.82, 2.24) is 19.8 Å². The first kappa shape index (κ1) is 22.0. The van der Waals surface area contributed by atoms with Crippen LogP contribution in [0.3, 0.4) is 0 Å². The number of hydrogen-bond donors (Lipinski definition) is 0. The molecule has 0 atom stereocenters. The number of nitrogens with zero attached hydrogens (tertiary/aromatic N) is 5. The highest BCUT2D eigenvalue weighted by molar-refractivity contribution is 5.91. The molecular formula is C26H31N5O. The van der Waals surface area contributed by atoms with Crippen LogP contribution in [0.5, 0.6) is 0 Å². The van der Waals surface area contributed by atoms with Gasteiger partial charge in [0.25, 0.3) is 0 Å². The molecule has 2 aromatic carbocycles. The molecule has 1 saturated heterocycles. The van der Waals surface area contributed by atoms with E-state index >= 15 is 0 Å². The summed E-state index contributed by atoms with van der Waals surface area (Å²) in [6, 6.07) is 20.4. The minimum Gasteiger partial charge on any atom is -0.366 e. The topological polar surface area (TPSA) is 52.6 Å². The molecule has 0 spiro atoms. The maximum atomic E-state index is 13.8. The molecule has 2 heterocycles. The lowest BCUT2D eigenvalue weighted by molar-refractivity contribution is -0.133. The molecule has 1 aromatic heterocycles. The van der Waals surface area contributed by atoms with Gasteiger partial charge in [-0.2, -0.15) is 0 Å². The second-order valence-corrected chi connectivity index (χ2v) is 8.51. The van der Waals surface area contributed by atoms with Crippen LogP contribution in [0.1, 0.15) is 17.5 Å². The minimum atomic E-state index is -0.712. The highest BCUT2D eigenvalue weighted by Crippen LogP contribution is 2.37. The summed E-state index contributed by atoms with van der Waals surface area (Å²) in [7, 11) is 3.70. The minimum absolute atomic E-state index is 0.120. The van der Waals surface area contributed by atoms with Gasteiger partial charge in [0, 0.05) is 40.3 Å². The summed E-state index contributed by atoms with van der Waals surface area (Å²) in [5, 5.41) is 0. The summed E-state index contributed by atoms with van der Waals surface area (Å²) in [4.78, 5) is 28.6. The zero-order valence-corrected chi connectivity index (χ0v) is 18.9. The van der Waals surface area contributed by atoms with E-state index in [0.29, 0.717) is 0 Å². The average molecular weight is 430 g/mol. The van der Waals surface area contributed by atoms with Gasteiger partial charge in [0.15, 0.2) is 0 Å². The summed E-state index contributed by atoms with van der Waals surface area (Å²) in [6.07, 6.45) is 6.03. The molecule has 0 aliphatic carbocycles. The summed E-state index contributed by atoms with van der Waals surface area (Å²) in [6.45, 7) is 4.61. The Labute approximate surface area is 190 Å². The van der Waals surface area contributed by atoms with Crippen LogP contribution in [-0.4, -0.2) is 72.5 Å². The fraction of sp³-hybridized carbons (Fsp3) is 0.346. The number of rotatable bonds is 7. The quantitative estimate of drug-likeness (QED) is 0.578. The third kappa shape index (κ3) is 4.50. The van der Waals surface area contributed by atoms with E-state index in [1.54, 1.807) is 11.2 Å². The van der Waals surface area contributed by atoms with Gasteiger partial charge in [0.2, 0.25) is 5.91 Å². The Morgan fingerprint density at radius 2 is 1.41 bits per heavy atom. The molecule has 6 heteroatoms. The Hall–Kier alpha value is -3.25. The number of hydrogen-bond acceptors (Lipinski definition) is 5. The summed E-state index contributed by atoms with van der Waals surface area (Å²) < 4.78 is 0. The normalized spacial score (nSPS) is 14.9. The number of amides is 1. The fourth-order valence-corrected chi connectivity index (χ4v) is 4.65. The highest BCUT2D eigenvalue weighted by atomic mass is 16.2. The van der Waals surface area contributed by atoms with E-state index < -0.39 is 5.41 Å². The van der Waals surface area contributed by atoms with E-state index in [0.717, 1.165) is 56.0 Å². The molecule has 32 heavy (non-hydrogen) atoms. The van der Waals surface area contributed by atoms with Gasteiger partial charge in [-0.15, -0.1) is 0 Å². The first-order valence-corrected chi connectivity index (χ1v) is 11.2. The third-order valence-corrected chi connectivity index (χ3v) is 6.39. The van der Waals surface area contributed by atoms with Gasteiger partial charge < -0.3 is 9.80 Å². The zero-order chi connectivity index (χ0) is 22.4. The van der Waals surface area contributed by atoms with Crippen molar-refractivity contribution in [1.29, 1.82) is 0 Å². The molecule has 0 N–H and O–H groups in total. The van der Waals surface area contributed by atoms with Crippen LogP contribution < -0.4 is 4.90 Å². The molecular weight excluding hydrogens is 398 g/mol. The Kier molecular flexibility index (Phi) is 6.81. The second kappa shape index (κ2) is 9.92. The lowest BCUT2D eigenvalue weighted by atomic mass is 9.70. The van der Waals surface area contributed by atoms with E-state index in [9.17, 15) is 4.79 Å². The number of carbonyl (C=O) groups excluding carboxylic acids is 1. The number of likely N-dealkylation sites (N-methyl/N-ethyl adjacent to an activating group) is 1. The largest absolute Gasteiger partial charge is 0.366 e. The third-order valence-electron chi connectivity index (χ3n) is 6.39. The first-order valence-electron chi connectivity index (χ1n) is 11.2. The lowest BCUT2D eigenvalue weighted by Gasteiger charge is -2.40. The SMILES string of the molecule is CN(C)C(=O)C(CCN1CCN(c2cncnc2)CC1)(c1ccccc1)c1ccccc1. The van der Waals surface area contributed by atoms with Gasteiger partial charge in [-0.05, 0) is 24.1 Å². The molecule has 0 bridgehead atoms.